The van der Waals surface area contributed by atoms with Crippen LogP contribution < -0.4 is 0 Å². The van der Waals surface area contributed by atoms with Crippen molar-refractivity contribution in [3.8, 4) is 5.69 Å². The van der Waals surface area contributed by atoms with Gasteiger partial charge >= 0.3 is 5.97 Å². The molecule has 0 aliphatic carbocycles. The van der Waals surface area contributed by atoms with Gasteiger partial charge in [0.25, 0.3) is 5.69 Å². The second-order valence-corrected chi connectivity index (χ2v) is 4.72. The summed E-state index contributed by atoms with van der Waals surface area (Å²) >= 11 is 3.29. The summed E-state index contributed by atoms with van der Waals surface area (Å²) in [5.41, 5.74) is 1.46. The van der Waals surface area contributed by atoms with Gasteiger partial charge in [0.1, 0.15) is 0 Å². The number of carbonyl (C=O) groups is 1. The lowest BCUT2D eigenvalue weighted by atomic mass is 10.3. The fourth-order valence-electron chi connectivity index (χ4n) is 1.68. The van der Waals surface area contributed by atoms with E-state index in [9.17, 15) is 14.9 Å². The number of nitro groups is 1. The minimum Gasteiger partial charge on any atom is -0.464 e. The molecule has 0 amide bonds. The van der Waals surface area contributed by atoms with Crippen molar-refractivity contribution in [2.45, 2.75) is 6.92 Å². The molecule has 1 heterocycles. The summed E-state index contributed by atoms with van der Waals surface area (Å²) in [5.74, 6) is -0.555. The molecule has 1 aromatic heterocycles. The molecule has 0 bridgehead atoms. The van der Waals surface area contributed by atoms with E-state index in [-0.39, 0.29) is 11.4 Å². The molecule has 0 fully saturated rings. The molecule has 0 N–H and O–H groups in total. The number of methoxy groups -OCH3 is 1. The van der Waals surface area contributed by atoms with Gasteiger partial charge in [-0.15, -0.1) is 0 Å². The molecular weight excluding hydrogens is 330 g/mol. The monoisotopic (exact) mass is 339 g/mol. The van der Waals surface area contributed by atoms with Gasteiger partial charge in [0.05, 0.1) is 27.9 Å². The lowest BCUT2D eigenvalue weighted by Crippen LogP contribution is -2.04. The zero-order valence-corrected chi connectivity index (χ0v) is 12.2. The standard InChI is InChI=1S/C12H10BrN3O4/c1-7-10(13)11(12(17)20-2)14-15(7)8-3-5-9(6-4-8)16(18)19/h3-6H,1-2H3. The summed E-state index contributed by atoms with van der Waals surface area (Å²) in [5, 5.41) is 14.8. The van der Waals surface area contributed by atoms with Crippen LogP contribution in [-0.4, -0.2) is 27.8 Å². The summed E-state index contributed by atoms with van der Waals surface area (Å²) in [6.45, 7) is 1.77. The third kappa shape index (κ3) is 2.42. The lowest BCUT2D eigenvalue weighted by molar-refractivity contribution is -0.384. The Morgan fingerprint density at radius 3 is 2.50 bits per heavy atom. The fourth-order valence-corrected chi connectivity index (χ4v) is 2.09. The first-order chi connectivity index (χ1) is 9.45. The third-order valence-electron chi connectivity index (χ3n) is 2.73. The lowest BCUT2D eigenvalue weighted by Gasteiger charge is -2.03. The van der Waals surface area contributed by atoms with Gasteiger partial charge in [0, 0.05) is 12.1 Å². The predicted octanol–water partition coefficient (Wildman–Crippen LogP) is 2.64. The Hall–Kier alpha value is -2.22. The van der Waals surface area contributed by atoms with Crippen LogP contribution >= 0.6 is 15.9 Å². The highest BCUT2D eigenvalue weighted by atomic mass is 79.9. The molecule has 0 spiro atoms. The average molecular weight is 340 g/mol. The quantitative estimate of drug-likeness (QED) is 0.487. The molecule has 0 aliphatic heterocycles. The van der Waals surface area contributed by atoms with Crippen molar-refractivity contribution in [3.63, 3.8) is 0 Å². The molecule has 0 radical (unpaired) electrons. The smallest absolute Gasteiger partial charge is 0.359 e. The molecular formula is C12H10BrN3O4. The Bertz CT molecular complexity index is 679. The van der Waals surface area contributed by atoms with Crippen molar-refractivity contribution in [2.75, 3.05) is 7.11 Å². The van der Waals surface area contributed by atoms with Crippen molar-refractivity contribution >= 4 is 27.6 Å². The molecule has 8 heteroatoms. The maximum atomic E-state index is 11.6. The van der Waals surface area contributed by atoms with Crippen LogP contribution in [0.3, 0.4) is 0 Å². The number of non-ortho nitro benzene ring substituents is 1. The number of carbonyl (C=O) groups excluding carboxylic acids is 1. The molecule has 2 rings (SSSR count). The topological polar surface area (TPSA) is 87.3 Å². The highest BCUT2D eigenvalue weighted by Gasteiger charge is 2.20. The van der Waals surface area contributed by atoms with E-state index in [2.05, 4.69) is 25.8 Å². The Balaban J connectivity index is 2.48. The number of benzene rings is 1. The van der Waals surface area contributed by atoms with Crippen molar-refractivity contribution in [1.29, 1.82) is 0 Å². The number of ether oxygens (including phenoxy) is 1. The largest absolute Gasteiger partial charge is 0.464 e. The van der Waals surface area contributed by atoms with Gasteiger partial charge in [-0.25, -0.2) is 9.48 Å². The van der Waals surface area contributed by atoms with E-state index in [0.717, 1.165) is 0 Å². The first kappa shape index (κ1) is 14.2. The predicted molar refractivity (Wildman–Crippen MR) is 74.0 cm³/mol. The number of nitrogens with zero attached hydrogens (tertiary/aromatic N) is 3. The van der Waals surface area contributed by atoms with E-state index in [1.165, 1.54) is 23.9 Å². The second kappa shape index (κ2) is 5.41. The summed E-state index contributed by atoms with van der Waals surface area (Å²) in [6.07, 6.45) is 0. The van der Waals surface area contributed by atoms with Gasteiger partial charge in [-0.1, -0.05) is 0 Å². The second-order valence-electron chi connectivity index (χ2n) is 3.92. The van der Waals surface area contributed by atoms with Gasteiger partial charge in [0.15, 0.2) is 5.69 Å². The summed E-state index contributed by atoms with van der Waals surface area (Å²) < 4.78 is 6.68. The molecule has 0 aliphatic rings. The van der Waals surface area contributed by atoms with E-state index >= 15 is 0 Å². The average Bonchev–Trinajstić information content (AvgIpc) is 2.75. The summed E-state index contributed by atoms with van der Waals surface area (Å²) in [4.78, 5) is 21.7. The molecule has 7 nitrogen and oxygen atoms in total. The number of rotatable bonds is 3. The van der Waals surface area contributed by atoms with Crippen LogP contribution in [0.5, 0.6) is 0 Å². The Kier molecular flexibility index (Phi) is 3.84. The number of aromatic nitrogens is 2. The third-order valence-corrected chi connectivity index (χ3v) is 3.68. The van der Waals surface area contributed by atoms with Crippen LogP contribution in [0.2, 0.25) is 0 Å². The highest BCUT2D eigenvalue weighted by molar-refractivity contribution is 9.10. The van der Waals surface area contributed by atoms with E-state index in [0.29, 0.717) is 15.9 Å². The molecule has 20 heavy (non-hydrogen) atoms. The molecule has 0 atom stereocenters. The van der Waals surface area contributed by atoms with Gasteiger partial charge in [-0.05, 0) is 35.0 Å². The maximum Gasteiger partial charge on any atom is 0.359 e. The first-order valence-electron chi connectivity index (χ1n) is 5.54. The molecule has 0 saturated carbocycles. The number of hydrogen-bond donors (Lipinski definition) is 0. The number of esters is 1. The zero-order valence-electron chi connectivity index (χ0n) is 10.7. The van der Waals surface area contributed by atoms with Crippen molar-refractivity contribution in [3.05, 3.63) is 50.2 Å². The molecule has 0 unspecified atom stereocenters. The van der Waals surface area contributed by atoms with Crippen LogP contribution in [0, 0.1) is 17.0 Å². The van der Waals surface area contributed by atoms with Crippen LogP contribution in [0.4, 0.5) is 5.69 Å². The minimum absolute atomic E-state index is 0.00850. The van der Waals surface area contributed by atoms with Gasteiger partial charge in [-0.3, -0.25) is 10.1 Å². The van der Waals surface area contributed by atoms with Crippen molar-refractivity contribution < 1.29 is 14.5 Å². The van der Waals surface area contributed by atoms with Crippen molar-refractivity contribution in [1.82, 2.24) is 9.78 Å². The minimum atomic E-state index is -0.555. The maximum absolute atomic E-state index is 11.6. The molecule has 104 valence electrons. The van der Waals surface area contributed by atoms with E-state index in [1.54, 1.807) is 19.1 Å². The van der Waals surface area contributed by atoms with E-state index in [1.807, 2.05) is 0 Å². The molecule has 2 aromatic rings. The molecule has 0 saturated heterocycles. The van der Waals surface area contributed by atoms with Crippen LogP contribution in [0.25, 0.3) is 5.69 Å². The zero-order chi connectivity index (χ0) is 14.9. The van der Waals surface area contributed by atoms with Crippen LogP contribution in [0.15, 0.2) is 28.7 Å². The van der Waals surface area contributed by atoms with E-state index < -0.39 is 10.9 Å². The van der Waals surface area contributed by atoms with E-state index in [4.69, 9.17) is 0 Å². The number of halogens is 1. The Morgan fingerprint density at radius 2 is 2.00 bits per heavy atom. The first-order valence-corrected chi connectivity index (χ1v) is 6.33. The summed E-state index contributed by atoms with van der Waals surface area (Å²) in [7, 11) is 1.27. The SMILES string of the molecule is COC(=O)c1nn(-c2ccc([N+](=O)[O-])cc2)c(C)c1Br. The van der Waals surface area contributed by atoms with Gasteiger partial charge in [0.2, 0.25) is 0 Å². The number of nitro benzene ring substituents is 1. The van der Waals surface area contributed by atoms with Gasteiger partial charge in [-0.2, -0.15) is 5.10 Å². The molecule has 1 aromatic carbocycles. The highest BCUT2D eigenvalue weighted by Crippen LogP contribution is 2.25. The Labute approximate surface area is 122 Å². The van der Waals surface area contributed by atoms with Crippen LogP contribution in [0.1, 0.15) is 16.2 Å². The summed E-state index contributed by atoms with van der Waals surface area (Å²) in [6, 6.07) is 5.88. The Morgan fingerprint density at radius 1 is 1.40 bits per heavy atom. The van der Waals surface area contributed by atoms with Crippen LogP contribution in [-0.2, 0) is 4.74 Å². The number of hydrogen-bond acceptors (Lipinski definition) is 5. The normalized spacial score (nSPS) is 10.3. The van der Waals surface area contributed by atoms with Gasteiger partial charge < -0.3 is 4.74 Å². The fraction of sp³-hybridized carbons (Fsp3) is 0.167. The van der Waals surface area contributed by atoms with Crippen molar-refractivity contribution in [2.24, 2.45) is 0 Å².